The Bertz CT molecular complexity index is 445. The molecule has 2 aliphatic rings. The van der Waals surface area contributed by atoms with Gasteiger partial charge in [0.15, 0.2) is 0 Å². The minimum atomic E-state index is -0.470. The van der Waals surface area contributed by atoms with E-state index in [1.54, 1.807) is 4.90 Å². The fraction of sp³-hybridized carbons (Fsp3) is 0.875. The molecule has 1 saturated carbocycles. The van der Waals surface area contributed by atoms with Crippen LogP contribution in [0.5, 0.6) is 0 Å². The van der Waals surface area contributed by atoms with Crippen molar-refractivity contribution in [2.24, 2.45) is 5.41 Å². The number of amides is 1. The normalized spacial score (nSPS) is 27.3. The summed E-state index contributed by atoms with van der Waals surface area (Å²) in [6.45, 7) is 9.50. The first kappa shape index (κ1) is 16.1. The molecule has 21 heavy (non-hydrogen) atoms. The fourth-order valence-electron chi connectivity index (χ4n) is 2.58. The first-order chi connectivity index (χ1) is 9.67. The first-order valence-corrected chi connectivity index (χ1v) is 7.66. The van der Waals surface area contributed by atoms with Crippen LogP contribution in [-0.2, 0) is 9.47 Å². The Balaban J connectivity index is 1.83. The van der Waals surface area contributed by atoms with Crippen LogP contribution in [0.4, 0.5) is 4.79 Å². The van der Waals surface area contributed by atoms with Crippen LogP contribution in [0, 0.1) is 16.7 Å². The van der Waals surface area contributed by atoms with Gasteiger partial charge in [0.25, 0.3) is 0 Å². The average Bonchev–Trinajstić information content (AvgIpc) is 3.00. The molecule has 0 bridgehead atoms. The summed E-state index contributed by atoms with van der Waals surface area (Å²) in [5.41, 5.74) is -0.707. The van der Waals surface area contributed by atoms with Crippen LogP contribution in [0.3, 0.4) is 0 Å². The molecular formula is C16H26N2O3. The summed E-state index contributed by atoms with van der Waals surface area (Å²) in [6, 6.07) is 2.25. The van der Waals surface area contributed by atoms with Crippen LogP contribution in [0.2, 0.25) is 0 Å². The lowest BCUT2D eigenvalue weighted by molar-refractivity contribution is -0.0467. The van der Waals surface area contributed by atoms with Crippen LogP contribution in [0.1, 0.15) is 53.4 Å². The molecular weight excluding hydrogens is 268 g/mol. The smallest absolute Gasteiger partial charge is 0.410 e. The number of rotatable bonds is 4. The predicted octanol–water partition coefficient (Wildman–Crippen LogP) is 3.10. The van der Waals surface area contributed by atoms with E-state index < -0.39 is 5.60 Å². The lowest BCUT2D eigenvalue weighted by Crippen LogP contribution is -2.39. The van der Waals surface area contributed by atoms with Crippen molar-refractivity contribution in [3.63, 3.8) is 0 Å². The van der Waals surface area contributed by atoms with Gasteiger partial charge in [-0.1, -0.05) is 0 Å². The third-order valence-electron chi connectivity index (χ3n) is 4.23. The molecule has 1 aliphatic heterocycles. The van der Waals surface area contributed by atoms with Crippen molar-refractivity contribution in [3.05, 3.63) is 0 Å². The van der Waals surface area contributed by atoms with E-state index in [1.165, 1.54) is 0 Å². The quantitative estimate of drug-likeness (QED) is 0.799. The van der Waals surface area contributed by atoms with Crippen molar-refractivity contribution >= 4 is 6.09 Å². The zero-order chi connectivity index (χ0) is 15.7. The van der Waals surface area contributed by atoms with Gasteiger partial charge in [-0.05, 0) is 47.0 Å². The Hall–Kier alpha value is -1.28. The highest BCUT2D eigenvalue weighted by Crippen LogP contribution is 2.49. The van der Waals surface area contributed by atoms with E-state index in [0.29, 0.717) is 26.1 Å². The van der Waals surface area contributed by atoms with Crippen molar-refractivity contribution < 1.29 is 14.3 Å². The molecule has 0 spiro atoms. The minimum absolute atomic E-state index is 0.0805. The molecule has 1 unspecified atom stereocenters. The molecule has 0 aromatic carbocycles. The maximum absolute atomic E-state index is 12.1. The van der Waals surface area contributed by atoms with Crippen molar-refractivity contribution in [2.75, 3.05) is 19.7 Å². The van der Waals surface area contributed by atoms with E-state index in [2.05, 4.69) is 6.07 Å². The van der Waals surface area contributed by atoms with Gasteiger partial charge in [-0.15, -0.1) is 0 Å². The molecule has 0 aromatic rings. The average molecular weight is 294 g/mol. The molecule has 1 atom stereocenters. The van der Waals surface area contributed by atoms with E-state index >= 15 is 0 Å². The second-order valence-electron chi connectivity index (χ2n) is 7.73. The number of carbonyl (C=O) groups excluding carboxylic acids is 1. The number of likely N-dealkylation sites (tertiary alicyclic amines) is 1. The Morgan fingerprint density at radius 2 is 2.00 bits per heavy atom. The molecule has 5 heteroatoms. The van der Waals surface area contributed by atoms with Crippen LogP contribution >= 0.6 is 0 Å². The Morgan fingerprint density at radius 3 is 2.52 bits per heavy atom. The summed E-state index contributed by atoms with van der Waals surface area (Å²) in [7, 11) is 0. The largest absolute Gasteiger partial charge is 0.444 e. The van der Waals surface area contributed by atoms with E-state index in [9.17, 15) is 4.79 Å². The van der Waals surface area contributed by atoms with Crippen LogP contribution in [0.15, 0.2) is 0 Å². The molecule has 0 radical (unpaired) electrons. The third-order valence-corrected chi connectivity index (χ3v) is 4.23. The Morgan fingerprint density at radius 1 is 1.33 bits per heavy atom. The van der Waals surface area contributed by atoms with Crippen molar-refractivity contribution in [2.45, 2.75) is 64.6 Å². The summed E-state index contributed by atoms with van der Waals surface area (Å²) in [4.78, 5) is 13.8. The topological polar surface area (TPSA) is 62.6 Å². The summed E-state index contributed by atoms with van der Waals surface area (Å²) < 4.78 is 11.5. The lowest BCUT2D eigenvalue weighted by Gasteiger charge is -2.28. The number of nitriles is 1. The highest BCUT2D eigenvalue weighted by Gasteiger charge is 2.46. The van der Waals surface area contributed by atoms with Crippen molar-refractivity contribution in [1.29, 1.82) is 5.26 Å². The Labute approximate surface area is 127 Å². The number of carbonyl (C=O) groups is 1. The molecule has 1 aliphatic carbocycles. The van der Waals surface area contributed by atoms with Gasteiger partial charge in [0.2, 0.25) is 0 Å². The molecule has 1 saturated heterocycles. The second-order valence-corrected chi connectivity index (χ2v) is 7.73. The van der Waals surface area contributed by atoms with Crippen LogP contribution < -0.4 is 0 Å². The van der Waals surface area contributed by atoms with E-state index in [4.69, 9.17) is 14.7 Å². The number of nitrogens with zero attached hydrogens (tertiary/aromatic N) is 2. The Kier molecular flexibility index (Phi) is 4.21. The molecule has 1 heterocycles. The van der Waals surface area contributed by atoms with Gasteiger partial charge in [-0.25, -0.2) is 4.79 Å². The standard InChI is InChI=1S/C16H26N2O3/c1-14(2,3)21-13(19)18-10-8-15(4,11-18)20-12-16(5-6-16)7-9-17/h5-8,10-12H2,1-4H3. The monoisotopic (exact) mass is 294 g/mol. The summed E-state index contributed by atoms with van der Waals surface area (Å²) in [6.07, 6.45) is 3.26. The van der Waals surface area contributed by atoms with E-state index in [-0.39, 0.29) is 17.1 Å². The first-order valence-electron chi connectivity index (χ1n) is 7.66. The summed E-state index contributed by atoms with van der Waals surface area (Å²) in [5, 5.41) is 8.85. The number of hydrogen-bond donors (Lipinski definition) is 0. The molecule has 1 amide bonds. The van der Waals surface area contributed by atoms with Gasteiger partial charge < -0.3 is 14.4 Å². The zero-order valence-corrected chi connectivity index (χ0v) is 13.6. The SMILES string of the molecule is CC(C)(C)OC(=O)N1CCC(C)(OCC2(CC#N)CC2)C1. The molecule has 5 nitrogen and oxygen atoms in total. The van der Waals surface area contributed by atoms with Gasteiger partial charge >= 0.3 is 6.09 Å². The molecule has 0 N–H and O–H groups in total. The third kappa shape index (κ3) is 4.34. The van der Waals surface area contributed by atoms with Gasteiger partial charge in [0.05, 0.1) is 24.8 Å². The highest BCUT2D eigenvalue weighted by atomic mass is 16.6. The van der Waals surface area contributed by atoms with Crippen molar-refractivity contribution in [3.8, 4) is 6.07 Å². The maximum atomic E-state index is 12.1. The number of hydrogen-bond acceptors (Lipinski definition) is 4. The van der Waals surface area contributed by atoms with Crippen molar-refractivity contribution in [1.82, 2.24) is 4.90 Å². The lowest BCUT2D eigenvalue weighted by atomic mass is 10.0. The van der Waals surface area contributed by atoms with E-state index in [1.807, 2.05) is 27.7 Å². The van der Waals surface area contributed by atoms with Gasteiger partial charge in [0.1, 0.15) is 5.60 Å². The minimum Gasteiger partial charge on any atom is -0.444 e. The maximum Gasteiger partial charge on any atom is 0.410 e. The van der Waals surface area contributed by atoms with E-state index in [0.717, 1.165) is 19.3 Å². The van der Waals surface area contributed by atoms with Crippen LogP contribution in [-0.4, -0.2) is 41.9 Å². The molecule has 118 valence electrons. The second kappa shape index (κ2) is 5.49. The molecule has 0 aromatic heterocycles. The number of ether oxygens (including phenoxy) is 2. The molecule has 2 fully saturated rings. The van der Waals surface area contributed by atoms with Crippen LogP contribution in [0.25, 0.3) is 0 Å². The van der Waals surface area contributed by atoms with Gasteiger partial charge in [-0.3, -0.25) is 0 Å². The highest BCUT2D eigenvalue weighted by molar-refractivity contribution is 5.68. The summed E-state index contributed by atoms with van der Waals surface area (Å²) in [5.74, 6) is 0. The van der Waals surface area contributed by atoms with Gasteiger partial charge in [0, 0.05) is 18.4 Å². The zero-order valence-electron chi connectivity index (χ0n) is 13.6. The summed E-state index contributed by atoms with van der Waals surface area (Å²) >= 11 is 0. The van der Waals surface area contributed by atoms with Gasteiger partial charge in [-0.2, -0.15) is 5.26 Å². The fourth-order valence-corrected chi connectivity index (χ4v) is 2.58. The predicted molar refractivity (Wildman–Crippen MR) is 78.7 cm³/mol. The molecule has 2 rings (SSSR count).